The minimum absolute atomic E-state index is 0.857. The molecule has 3 rings (SSSR count). The van der Waals surface area contributed by atoms with Crippen LogP contribution in [0.3, 0.4) is 0 Å². The predicted octanol–water partition coefficient (Wildman–Crippen LogP) is 2.36. The lowest BCUT2D eigenvalue weighted by Crippen LogP contribution is -2.00. The van der Waals surface area contributed by atoms with Crippen LogP contribution < -0.4 is 5.32 Å². The molecule has 0 fully saturated rings. The number of aromatic nitrogens is 2. The number of hydrogen-bond acceptors (Lipinski definition) is 3. The molecule has 3 nitrogen and oxygen atoms in total. The summed E-state index contributed by atoms with van der Waals surface area (Å²) in [5, 5.41) is 3.32. The summed E-state index contributed by atoms with van der Waals surface area (Å²) in [7, 11) is 0. The van der Waals surface area contributed by atoms with Gasteiger partial charge >= 0.3 is 0 Å². The molecule has 1 N–H and O–H groups in total. The fourth-order valence-electron chi connectivity index (χ4n) is 2.23. The van der Waals surface area contributed by atoms with Gasteiger partial charge in [0.05, 0.1) is 11.4 Å². The summed E-state index contributed by atoms with van der Waals surface area (Å²) in [5.74, 6) is 0. The Morgan fingerprint density at radius 1 is 1.06 bits per heavy atom. The van der Waals surface area contributed by atoms with Gasteiger partial charge in [0.1, 0.15) is 6.33 Å². The van der Waals surface area contributed by atoms with Crippen LogP contribution in [0, 0.1) is 13.8 Å². The Labute approximate surface area is 101 Å². The third-order valence-corrected chi connectivity index (χ3v) is 3.41. The van der Waals surface area contributed by atoms with Crippen molar-refractivity contribution in [3.05, 3.63) is 46.9 Å². The number of nitrogens with one attached hydrogen (secondary N) is 1. The molecule has 86 valence electrons. The molecule has 1 aliphatic heterocycles. The Balaban J connectivity index is 2.15. The van der Waals surface area contributed by atoms with Crippen molar-refractivity contribution in [2.75, 3.05) is 0 Å². The number of fused-ring (bicyclic) bond motifs is 1. The Morgan fingerprint density at radius 2 is 1.94 bits per heavy atom. The number of aryl methyl sites for hydroxylation is 2. The monoisotopic (exact) mass is 225 g/mol. The van der Waals surface area contributed by atoms with Crippen molar-refractivity contribution in [1.82, 2.24) is 15.3 Å². The zero-order chi connectivity index (χ0) is 11.8. The van der Waals surface area contributed by atoms with Crippen molar-refractivity contribution >= 4 is 0 Å². The summed E-state index contributed by atoms with van der Waals surface area (Å²) in [6, 6.07) is 6.50. The highest BCUT2D eigenvalue weighted by atomic mass is 15.0. The molecule has 2 aromatic rings. The van der Waals surface area contributed by atoms with Gasteiger partial charge < -0.3 is 5.32 Å². The Kier molecular flexibility index (Phi) is 2.41. The molecule has 0 spiro atoms. The van der Waals surface area contributed by atoms with Gasteiger partial charge in [-0.2, -0.15) is 0 Å². The van der Waals surface area contributed by atoms with Crippen molar-refractivity contribution in [1.29, 1.82) is 0 Å². The minimum atomic E-state index is 0.857. The highest BCUT2D eigenvalue weighted by Crippen LogP contribution is 2.27. The molecule has 2 heterocycles. The fourth-order valence-corrected chi connectivity index (χ4v) is 2.23. The highest BCUT2D eigenvalue weighted by molar-refractivity contribution is 5.65. The molecule has 0 radical (unpaired) electrons. The number of benzene rings is 1. The molecule has 3 heteroatoms. The van der Waals surface area contributed by atoms with Crippen molar-refractivity contribution in [2.45, 2.75) is 26.9 Å². The van der Waals surface area contributed by atoms with Crippen LogP contribution in [0.25, 0.3) is 11.3 Å². The smallest absolute Gasteiger partial charge is 0.116 e. The van der Waals surface area contributed by atoms with E-state index < -0.39 is 0 Å². The summed E-state index contributed by atoms with van der Waals surface area (Å²) in [6.45, 7) is 6.00. The first-order chi connectivity index (χ1) is 8.25. The van der Waals surface area contributed by atoms with E-state index in [0.29, 0.717) is 0 Å². The Bertz CT molecular complexity index is 576. The lowest BCUT2D eigenvalue weighted by Gasteiger charge is -2.08. The van der Waals surface area contributed by atoms with Gasteiger partial charge in [0.25, 0.3) is 0 Å². The molecule has 1 aliphatic rings. The molecular formula is C14H15N3. The maximum atomic E-state index is 4.44. The van der Waals surface area contributed by atoms with Crippen LogP contribution in [-0.4, -0.2) is 9.97 Å². The Morgan fingerprint density at radius 3 is 2.76 bits per heavy atom. The first kappa shape index (κ1) is 10.4. The molecule has 1 aromatic carbocycles. The fraction of sp³-hybridized carbons (Fsp3) is 0.286. The van der Waals surface area contributed by atoms with Crippen LogP contribution in [0.4, 0.5) is 0 Å². The molecule has 17 heavy (non-hydrogen) atoms. The highest BCUT2D eigenvalue weighted by Gasteiger charge is 2.17. The summed E-state index contributed by atoms with van der Waals surface area (Å²) in [6.07, 6.45) is 1.66. The van der Waals surface area contributed by atoms with E-state index in [-0.39, 0.29) is 0 Å². The van der Waals surface area contributed by atoms with Crippen LogP contribution >= 0.6 is 0 Å². The lowest BCUT2D eigenvalue weighted by molar-refractivity contribution is 0.758. The van der Waals surface area contributed by atoms with Crippen LogP contribution in [-0.2, 0) is 13.1 Å². The van der Waals surface area contributed by atoms with Gasteiger partial charge in [-0.15, -0.1) is 0 Å². The molecule has 0 saturated carbocycles. The second-order valence-corrected chi connectivity index (χ2v) is 4.55. The second kappa shape index (κ2) is 3.93. The molecule has 0 amide bonds. The van der Waals surface area contributed by atoms with E-state index in [1.165, 1.54) is 22.3 Å². The van der Waals surface area contributed by atoms with Crippen molar-refractivity contribution in [2.24, 2.45) is 0 Å². The van der Waals surface area contributed by atoms with Crippen LogP contribution in [0.15, 0.2) is 24.5 Å². The van der Waals surface area contributed by atoms with Gasteiger partial charge in [-0.25, -0.2) is 9.97 Å². The third-order valence-electron chi connectivity index (χ3n) is 3.41. The van der Waals surface area contributed by atoms with E-state index >= 15 is 0 Å². The molecule has 0 atom stereocenters. The molecule has 0 aliphatic carbocycles. The Hall–Kier alpha value is -1.74. The minimum Gasteiger partial charge on any atom is -0.307 e. The normalized spacial score (nSPS) is 13.8. The number of rotatable bonds is 1. The second-order valence-electron chi connectivity index (χ2n) is 4.55. The van der Waals surface area contributed by atoms with E-state index in [1.807, 2.05) is 0 Å². The largest absolute Gasteiger partial charge is 0.307 e. The molecule has 0 bridgehead atoms. The van der Waals surface area contributed by atoms with E-state index in [2.05, 4.69) is 47.3 Å². The molecule has 1 aromatic heterocycles. The summed E-state index contributed by atoms with van der Waals surface area (Å²) < 4.78 is 0. The summed E-state index contributed by atoms with van der Waals surface area (Å²) in [4.78, 5) is 8.75. The zero-order valence-corrected chi connectivity index (χ0v) is 10.1. The molecule has 0 unspecified atom stereocenters. The first-order valence-electron chi connectivity index (χ1n) is 5.87. The van der Waals surface area contributed by atoms with Crippen molar-refractivity contribution in [3.63, 3.8) is 0 Å². The zero-order valence-electron chi connectivity index (χ0n) is 10.1. The van der Waals surface area contributed by atoms with E-state index in [1.54, 1.807) is 6.33 Å². The predicted molar refractivity (Wildman–Crippen MR) is 67.5 cm³/mol. The van der Waals surface area contributed by atoms with Crippen LogP contribution in [0.2, 0.25) is 0 Å². The third kappa shape index (κ3) is 1.72. The summed E-state index contributed by atoms with van der Waals surface area (Å²) >= 11 is 0. The van der Waals surface area contributed by atoms with Gasteiger partial charge in [0.15, 0.2) is 0 Å². The first-order valence-corrected chi connectivity index (χ1v) is 5.87. The lowest BCUT2D eigenvalue weighted by atomic mass is 10.0. The van der Waals surface area contributed by atoms with E-state index in [4.69, 9.17) is 0 Å². The van der Waals surface area contributed by atoms with Crippen molar-refractivity contribution < 1.29 is 0 Å². The number of nitrogens with zero attached hydrogens (tertiary/aromatic N) is 2. The van der Waals surface area contributed by atoms with Gasteiger partial charge in [-0.3, -0.25) is 0 Å². The van der Waals surface area contributed by atoms with E-state index in [0.717, 1.165) is 24.5 Å². The van der Waals surface area contributed by atoms with E-state index in [9.17, 15) is 0 Å². The van der Waals surface area contributed by atoms with Gasteiger partial charge in [-0.1, -0.05) is 12.1 Å². The van der Waals surface area contributed by atoms with Gasteiger partial charge in [-0.05, 0) is 31.0 Å². The van der Waals surface area contributed by atoms with Crippen LogP contribution in [0.1, 0.15) is 22.4 Å². The van der Waals surface area contributed by atoms with Crippen molar-refractivity contribution in [3.8, 4) is 11.3 Å². The SMILES string of the molecule is Cc1ccc(-c2ncnc3c2CNC3)cc1C. The molecular weight excluding hydrogens is 210 g/mol. The number of hydrogen-bond donors (Lipinski definition) is 1. The van der Waals surface area contributed by atoms with Crippen LogP contribution in [0.5, 0.6) is 0 Å². The standard InChI is InChI=1S/C14H15N3/c1-9-3-4-11(5-10(9)2)14-12-6-15-7-13(12)16-8-17-14/h3-5,8,15H,6-7H2,1-2H3. The average Bonchev–Trinajstić information content (AvgIpc) is 2.80. The quantitative estimate of drug-likeness (QED) is 0.809. The van der Waals surface area contributed by atoms with Gasteiger partial charge in [0.2, 0.25) is 0 Å². The maximum absolute atomic E-state index is 4.44. The molecule has 0 saturated heterocycles. The summed E-state index contributed by atoms with van der Waals surface area (Å²) in [5.41, 5.74) is 7.26. The maximum Gasteiger partial charge on any atom is 0.116 e. The van der Waals surface area contributed by atoms with Gasteiger partial charge in [0, 0.05) is 24.2 Å². The topological polar surface area (TPSA) is 37.8 Å². The average molecular weight is 225 g/mol.